The highest BCUT2D eigenvalue weighted by atomic mass is 32.1. The Kier molecular flexibility index (Phi) is 6.45. The summed E-state index contributed by atoms with van der Waals surface area (Å²) in [5, 5.41) is 5.88. The maximum atomic E-state index is 4.91. The lowest BCUT2D eigenvalue weighted by Crippen LogP contribution is -1.90. The maximum absolute atomic E-state index is 4.91. The Morgan fingerprint density at radius 1 is 0.375 bits per heavy atom. The fourth-order valence-corrected chi connectivity index (χ4v) is 5.90. The lowest BCUT2D eigenvalue weighted by molar-refractivity contribution is 1.24. The number of rotatable bonds is 6. The van der Waals surface area contributed by atoms with Crippen LogP contribution >= 0.6 is 22.7 Å². The predicted octanol–water partition coefficient (Wildman–Crippen LogP) is 8.18. The first-order valence-corrected chi connectivity index (χ1v) is 14.4. The van der Waals surface area contributed by atoms with Crippen molar-refractivity contribution in [3.05, 3.63) is 120 Å². The number of hydrogen-bond acceptors (Lipinski definition) is 8. The van der Waals surface area contributed by atoms with E-state index < -0.39 is 0 Å². The summed E-state index contributed by atoms with van der Waals surface area (Å²) in [6.07, 6.45) is 3.55. The summed E-state index contributed by atoms with van der Waals surface area (Å²) in [5.41, 5.74) is 8.90. The molecule has 40 heavy (non-hydrogen) atoms. The SMILES string of the molecule is c1ccc(-c2cccc(-c3nc(-c4cccc(-c5csc(-c6cccc(-c7ccccn7)n6)n5)c4)cs3)n2)nc1. The van der Waals surface area contributed by atoms with Crippen LogP contribution in [0.3, 0.4) is 0 Å². The molecule has 8 heteroatoms. The minimum atomic E-state index is 0.830. The summed E-state index contributed by atoms with van der Waals surface area (Å²) in [5.74, 6) is 0. The molecular formula is C32H20N6S2. The van der Waals surface area contributed by atoms with Gasteiger partial charge in [0, 0.05) is 34.3 Å². The average molecular weight is 553 g/mol. The molecule has 0 bridgehead atoms. The molecule has 0 aliphatic carbocycles. The first-order valence-electron chi connectivity index (χ1n) is 12.6. The van der Waals surface area contributed by atoms with Crippen molar-refractivity contribution in [2.45, 2.75) is 0 Å². The zero-order chi connectivity index (χ0) is 26.7. The molecule has 0 saturated carbocycles. The second kappa shape index (κ2) is 10.7. The van der Waals surface area contributed by atoms with E-state index in [2.05, 4.69) is 38.9 Å². The Bertz CT molecular complexity index is 1780. The van der Waals surface area contributed by atoms with E-state index in [1.807, 2.05) is 78.9 Å². The smallest absolute Gasteiger partial charge is 0.142 e. The molecule has 0 N–H and O–H groups in total. The van der Waals surface area contributed by atoms with Gasteiger partial charge in [-0.25, -0.2) is 19.9 Å². The Morgan fingerprint density at radius 3 is 1.30 bits per heavy atom. The van der Waals surface area contributed by atoms with Gasteiger partial charge in [0.2, 0.25) is 0 Å². The van der Waals surface area contributed by atoms with Gasteiger partial charge in [-0.2, -0.15) is 0 Å². The van der Waals surface area contributed by atoms with Crippen LogP contribution in [0.25, 0.3) is 66.7 Å². The topological polar surface area (TPSA) is 77.3 Å². The quantitative estimate of drug-likeness (QED) is 0.207. The van der Waals surface area contributed by atoms with Crippen molar-refractivity contribution in [1.82, 2.24) is 29.9 Å². The minimum Gasteiger partial charge on any atom is -0.255 e. The van der Waals surface area contributed by atoms with E-state index in [0.29, 0.717) is 0 Å². The van der Waals surface area contributed by atoms with Crippen LogP contribution in [-0.2, 0) is 0 Å². The second-order valence-electron chi connectivity index (χ2n) is 8.90. The summed E-state index contributed by atoms with van der Waals surface area (Å²) >= 11 is 3.17. The number of nitrogens with zero attached hydrogens (tertiary/aromatic N) is 6. The Labute approximate surface area is 238 Å². The van der Waals surface area contributed by atoms with Crippen molar-refractivity contribution >= 4 is 22.7 Å². The fraction of sp³-hybridized carbons (Fsp3) is 0. The van der Waals surface area contributed by atoms with E-state index in [-0.39, 0.29) is 0 Å². The predicted molar refractivity (Wildman–Crippen MR) is 162 cm³/mol. The maximum Gasteiger partial charge on any atom is 0.142 e. The number of thiazole rings is 2. The normalized spacial score (nSPS) is 11.0. The van der Waals surface area contributed by atoms with Gasteiger partial charge >= 0.3 is 0 Å². The van der Waals surface area contributed by atoms with Crippen LogP contribution in [0.15, 0.2) is 120 Å². The van der Waals surface area contributed by atoms with Crippen molar-refractivity contribution in [1.29, 1.82) is 0 Å². The molecule has 7 aromatic rings. The Hall–Kier alpha value is -4.92. The molecule has 6 heterocycles. The first kappa shape index (κ1) is 24.1. The van der Waals surface area contributed by atoms with Gasteiger partial charge in [0.15, 0.2) is 0 Å². The molecule has 1 aromatic carbocycles. The molecule has 0 amide bonds. The largest absolute Gasteiger partial charge is 0.255 e. The van der Waals surface area contributed by atoms with Crippen molar-refractivity contribution in [2.75, 3.05) is 0 Å². The highest BCUT2D eigenvalue weighted by Gasteiger charge is 2.13. The standard InChI is InChI=1S/C32H20N6S2/c1-3-16-33-23(10-1)25-12-6-14-27(35-25)31-37-29(19-39-31)21-8-5-9-22(18-21)30-20-40-32(38-30)28-15-7-13-26(36-28)24-11-2-4-17-34-24/h1-20H. The van der Waals surface area contributed by atoms with Crippen LogP contribution in [-0.4, -0.2) is 29.9 Å². The van der Waals surface area contributed by atoms with Crippen LogP contribution in [0.1, 0.15) is 0 Å². The molecule has 190 valence electrons. The van der Waals surface area contributed by atoms with Gasteiger partial charge in [-0.3, -0.25) is 9.97 Å². The number of benzene rings is 1. The molecule has 6 aromatic heterocycles. The van der Waals surface area contributed by atoms with Gasteiger partial charge in [0.25, 0.3) is 0 Å². The molecule has 0 aliphatic heterocycles. The Morgan fingerprint density at radius 2 is 0.825 bits per heavy atom. The number of hydrogen-bond donors (Lipinski definition) is 0. The molecule has 0 spiro atoms. The van der Waals surface area contributed by atoms with Gasteiger partial charge in [-0.05, 0) is 54.6 Å². The third-order valence-electron chi connectivity index (χ3n) is 6.25. The van der Waals surface area contributed by atoms with Gasteiger partial charge in [-0.1, -0.05) is 42.5 Å². The molecule has 0 unspecified atom stereocenters. The van der Waals surface area contributed by atoms with Crippen molar-refractivity contribution in [2.24, 2.45) is 0 Å². The van der Waals surface area contributed by atoms with E-state index in [0.717, 1.165) is 66.7 Å². The van der Waals surface area contributed by atoms with Crippen LogP contribution in [0, 0.1) is 0 Å². The average Bonchev–Trinajstić information content (AvgIpc) is 3.74. The van der Waals surface area contributed by atoms with E-state index in [1.165, 1.54) is 0 Å². The molecule has 0 atom stereocenters. The van der Waals surface area contributed by atoms with Gasteiger partial charge < -0.3 is 0 Å². The molecule has 0 fully saturated rings. The molecular weight excluding hydrogens is 533 g/mol. The summed E-state index contributed by atoms with van der Waals surface area (Å²) < 4.78 is 0. The third kappa shape index (κ3) is 4.93. The van der Waals surface area contributed by atoms with E-state index in [9.17, 15) is 0 Å². The van der Waals surface area contributed by atoms with Crippen LogP contribution < -0.4 is 0 Å². The zero-order valence-electron chi connectivity index (χ0n) is 21.0. The number of pyridine rings is 4. The highest BCUT2D eigenvalue weighted by Crippen LogP contribution is 2.33. The van der Waals surface area contributed by atoms with E-state index >= 15 is 0 Å². The van der Waals surface area contributed by atoms with Crippen molar-refractivity contribution in [3.8, 4) is 66.7 Å². The van der Waals surface area contributed by atoms with Crippen molar-refractivity contribution < 1.29 is 0 Å². The molecule has 6 nitrogen and oxygen atoms in total. The molecule has 0 aliphatic rings. The highest BCUT2D eigenvalue weighted by molar-refractivity contribution is 7.13. The second-order valence-corrected chi connectivity index (χ2v) is 10.6. The van der Waals surface area contributed by atoms with Crippen LogP contribution in [0.5, 0.6) is 0 Å². The minimum absolute atomic E-state index is 0.830. The fourth-order valence-electron chi connectivity index (χ4n) is 4.31. The van der Waals surface area contributed by atoms with Crippen LogP contribution in [0.2, 0.25) is 0 Å². The lowest BCUT2D eigenvalue weighted by atomic mass is 10.1. The summed E-state index contributed by atoms with van der Waals surface area (Å²) in [6.45, 7) is 0. The monoisotopic (exact) mass is 552 g/mol. The molecule has 0 saturated heterocycles. The van der Waals surface area contributed by atoms with Gasteiger partial charge in [0.05, 0.1) is 45.6 Å². The zero-order valence-corrected chi connectivity index (χ0v) is 22.7. The molecule has 7 rings (SSSR count). The van der Waals surface area contributed by atoms with Crippen molar-refractivity contribution in [3.63, 3.8) is 0 Å². The van der Waals surface area contributed by atoms with E-state index in [4.69, 9.17) is 19.9 Å². The Balaban J connectivity index is 1.15. The summed E-state index contributed by atoms with van der Waals surface area (Å²) in [7, 11) is 0. The van der Waals surface area contributed by atoms with Crippen LogP contribution in [0.4, 0.5) is 0 Å². The number of aromatic nitrogens is 6. The van der Waals surface area contributed by atoms with E-state index in [1.54, 1.807) is 35.1 Å². The van der Waals surface area contributed by atoms with Gasteiger partial charge in [0.1, 0.15) is 10.0 Å². The summed E-state index contributed by atoms with van der Waals surface area (Å²) in [6, 6.07) is 31.9. The first-order chi connectivity index (χ1) is 19.8. The molecule has 0 radical (unpaired) electrons. The van der Waals surface area contributed by atoms with Gasteiger partial charge in [-0.15, -0.1) is 22.7 Å². The third-order valence-corrected chi connectivity index (χ3v) is 7.98. The lowest BCUT2D eigenvalue weighted by Gasteiger charge is -2.03. The summed E-state index contributed by atoms with van der Waals surface area (Å²) in [4.78, 5) is 28.3.